The number of aromatic nitrogens is 2. The van der Waals surface area contributed by atoms with Crippen molar-refractivity contribution in [2.75, 3.05) is 4.72 Å². The number of sulfonamides is 1. The molecule has 2 aromatic carbocycles. The first-order chi connectivity index (χ1) is 12.2. The van der Waals surface area contributed by atoms with Crippen LogP contribution in [0.15, 0.2) is 53.6 Å². The summed E-state index contributed by atoms with van der Waals surface area (Å²) in [5, 5.41) is 5.04. The molecule has 5 nitrogen and oxygen atoms in total. The quantitative estimate of drug-likeness (QED) is 0.672. The third kappa shape index (κ3) is 4.14. The van der Waals surface area contributed by atoms with Gasteiger partial charge in [0.2, 0.25) is 0 Å². The summed E-state index contributed by atoms with van der Waals surface area (Å²) in [7, 11) is -4.10. The second-order valence-corrected chi connectivity index (χ2v) is 7.84. The molecule has 0 fully saturated rings. The van der Waals surface area contributed by atoms with E-state index >= 15 is 0 Å². The van der Waals surface area contributed by atoms with E-state index in [0.717, 1.165) is 17.7 Å². The molecule has 0 radical (unpaired) electrons. The molecular weight excluding hydrogens is 407 g/mol. The molecule has 1 aromatic heterocycles. The first-order valence-corrected chi connectivity index (χ1v) is 9.44. The smallest absolute Gasteiger partial charge is 0.263 e. The van der Waals surface area contributed by atoms with Gasteiger partial charge in [-0.15, -0.1) is 0 Å². The van der Waals surface area contributed by atoms with Gasteiger partial charge in [0.05, 0.1) is 11.4 Å². The summed E-state index contributed by atoms with van der Waals surface area (Å²) in [6.07, 6.45) is 1.55. The van der Waals surface area contributed by atoms with E-state index in [1.54, 1.807) is 24.4 Å². The van der Waals surface area contributed by atoms with Crippen LogP contribution in [-0.2, 0) is 16.6 Å². The summed E-state index contributed by atoms with van der Waals surface area (Å²) in [5.74, 6) is -2.36. The Kier molecular flexibility index (Phi) is 5.17. The molecule has 0 spiro atoms. The number of anilines is 1. The Labute approximate surface area is 158 Å². The highest BCUT2D eigenvalue weighted by Gasteiger charge is 2.18. The van der Waals surface area contributed by atoms with Gasteiger partial charge < -0.3 is 0 Å². The van der Waals surface area contributed by atoms with Crippen molar-refractivity contribution in [3.05, 3.63) is 75.9 Å². The van der Waals surface area contributed by atoms with Crippen LogP contribution in [0.3, 0.4) is 0 Å². The highest BCUT2D eigenvalue weighted by Crippen LogP contribution is 2.22. The molecule has 26 heavy (non-hydrogen) atoms. The topological polar surface area (TPSA) is 64.0 Å². The molecule has 136 valence electrons. The zero-order chi connectivity index (χ0) is 18.9. The third-order valence-corrected chi connectivity index (χ3v) is 5.37. The highest BCUT2D eigenvalue weighted by atomic mass is 35.5. The van der Waals surface area contributed by atoms with Crippen LogP contribution in [0, 0.1) is 11.6 Å². The van der Waals surface area contributed by atoms with Crippen molar-refractivity contribution in [3.63, 3.8) is 0 Å². The minimum absolute atomic E-state index is 0.0276. The summed E-state index contributed by atoms with van der Waals surface area (Å²) >= 11 is 11.9. The molecule has 3 rings (SSSR count). The van der Waals surface area contributed by atoms with E-state index in [0.29, 0.717) is 22.7 Å². The van der Waals surface area contributed by atoms with Crippen molar-refractivity contribution in [1.82, 2.24) is 9.78 Å². The van der Waals surface area contributed by atoms with Gasteiger partial charge in [-0.05, 0) is 35.9 Å². The minimum atomic E-state index is -4.10. The van der Waals surface area contributed by atoms with Crippen LogP contribution in [0.5, 0.6) is 0 Å². The number of benzene rings is 2. The number of halogens is 4. The summed E-state index contributed by atoms with van der Waals surface area (Å²) in [4.78, 5) is -0.410. The molecule has 0 saturated heterocycles. The Hall–Kier alpha value is -2.16. The molecule has 0 aliphatic carbocycles. The Morgan fingerprint density at radius 1 is 1.04 bits per heavy atom. The van der Waals surface area contributed by atoms with Gasteiger partial charge in [0.25, 0.3) is 10.0 Å². The fourth-order valence-corrected chi connectivity index (χ4v) is 3.65. The predicted octanol–water partition coefficient (Wildman–Crippen LogP) is 4.32. The normalized spacial score (nSPS) is 11.5. The average molecular weight is 418 g/mol. The molecular formula is C16H11Cl2F2N3O2S. The molecule has 3 aromatic rings. The van der Waals surface area contributed by atoms with Crippen LogP contribution in [0.25, 0.3) is 0 Å². The van der Waals surface area contributed by atoms with E-state index in [2.05, 4.69) is 9.82 Å². The zero-order valence-corrected chi connectivity index (χ0v) is 15.3. The maximum absolute atomic E-state index is 13.3. The van der Waals surface area contributed by atoms with E-state index in [1.807, 2.05) is 0 Å². The standard InChI is InChI=1S/C16H11Cl2F2N3O2S/c17-11-2-1-10(13(18)7-11)9-23-6-5-16(21-23)22-26(24,25)12-3-4-14(19)15(20)8-12/h1-8H,9H2,(H,21,22). The van der Waals surface area contributed by atoms with E-state index in [9.17, 15) is 17.2 Å². The van der Waals surface area contributed by atoms with Crippen LogP contribution >= 0.6 is 23.2 Å². The number of nitrogens with zero attached hydrogens (tertiary/aromatic N) is 2. The lowest BCUT2D eigenvalue weighted by molar-refractivity contribution is 0.504. The van der Waals surface area contributed by atoms with Crippen molar-refractivity contribution >= 4 is 39.0 Å². The van der Waals surface area contributed by atoms with Gasteiger partial charge in [-0.25, -0.2) is 17.2 Å². The second-order valence-electron chi connectivity index (χ2n) is 5.32. The van der Waals surface area contributed by atoms with Crippen LogP contribution in [0.1, 0.15) is 5.56 Å². The highest BCUT2D eigenvalue weighted by molar-refractivity contribution is 7.92. The van der Waals surface area contributed by atoms with Gasteiger partial charge in [0.1, 0.15) is 0 Å². The lowest BCUT2D eigenvalue weighted by Crippen LogP contribution is -2.14. The Bertz CT molecular complexity index is 1070. The number of nitrogens with one attached hydrogen (secondary N) is 1. The molecule has 0 amide bonds. The predicted molar refractivity (Wildman–Crippen MR) is 95.0 cm³/mol. The van der Waals surface area contributed by atoms with Gasteiger partial charge in [-0.1, -0.05) is 29.3 Å². The fourth-order valence-electron chi connectivity index (χ4n) is 2.17. The first-order valence-electron chi connectivity index (χ1n) is 7.20. The van der Waals surface area contributed by atoms with Gasteiger partial charge in [0.15, 0.2) is 17.5 Å². The Morgan fingerprint density at radius 3 is 2.50 bits per heavy atom. The molecule has 0 saturated carbocycles. The van der Waals surface area contributed by atoms with Crippen molar-refractivity contribution in [1.29, 1.82) is 0 Å². The summed E-state index contributed by atoms with van der Waals surface area (Å²) in [6, 6.07) is 8.74. The van der Waals surface area contributed by atoms with E-state index in [1.165, 1.54) is 10.7 Å². The van der Waals surface area contributed by atoms with Gasteiger partial charge >= 0.3 is 0 Å². The monoisotopic (exact) mass is 417 g/mol. The Morgan fingerprint density at radius 2 is 1.81 bits per heavy atom. The number of hydrogen-bond acceptors (Lipinski definition) is 3. The largest absolute Gasteiger partial charge is 0.266 e. The van der Waals surface area contributed by atoms with Crippen molar-refractivity contribution < 1.29 is 17.2 Å². The molecule has 10 heteroatoms. The van der Waals surface area contributed by atoms with Crippen LogP contribution in [0.2, 0.25) is 10.0 Å². The summed E-state index contributed by atoms with van der Waals surface area (Å²) in [5.41, 5.74) is 0.745. The van der Waals surface area contributed by atoms with E-state index in [4.69, 9.17) is 23.2 Å². The molecule has 0 bridgehead atoms. The van der Waals surface area contributed by atoms with Crippen molar-refractivity contribution in [3.8, 4) is 0 Å². The fraction of sp³-hybridized carbons (Fsp3) is 0.0625. The lowest BCUT2D eigenvalue weighted by atomic mass is 10.2. The zero-order valence-electron chi connectivity index (χ0n) is 13.0. The lowest BCUT2D eigenvalue weighted by Gasteiger charge is -2.07. The average Bonchev–Trinajstić information content (AvgIpc) is 2.99. The molecule has 0 aliphatic heterocycles. The van der Waals surface area contributed by atoms with Crippen LogP contribution in [-0.4, -0.2) is 18.2 Å². The minimum Gasteiger partial charge on any atom is -0.266 e. The third-order valence-electron chi connectivity index (χ3n) is 3.43. The molecule has 0 unspecified atom stereocenters. The van der Waals surface area contributed by atoms with Crippen molar-refractivity contribution in [2.24, 2.45) is 0 Å². The van der Waals surface area contributed by atoms with Gasteiger partial charge in [-0.2, -0.15) is 5.10 Å². The molecule has 0 aliphatic rings. The van der Waals surface area contributed by atoms with E-state index in [-0.39, 0.29) is 5.82 Å². The maximum Gasteiger partial charge on any atom is 0.263 e. The molecule has 1 N–H and O–H groups in total. The van der Waals surface area contributed by atoms with Crippen molar-refractivity contribution in [2.45, 2.75) is 11.4 Å². The first kappa shape index (κ1) is 18.6. The van der Waals surface area contributed by atoms with E-state index < -0.39 is 26.6 Å². The van der Waals surface area contributed by atoms with Crippen LogP contribution < -0.4 is 4.72 Å². The maximum atomic E-state index is 13.3. The summed E-state index contributed by atoms with van der Waals surface area (Å²) in [6.45, 7) is 0.295. The van der Waals surface area contributed by atoms with Gasteiger partial charge in [-0.3, -0.25) is 9.40 Å². The second kappa shape index (κ2) is 7.22. The molecule has 1 heterocycles. The van der Waals surface area contributed by atoms with Gasteiger partial charge in [0, 0.05) is 22.3 Å². The number of hydrogen-bond donors (Lipinski definition) is 1. The van der Waals surface area contributed by atoms with Crippen LogP contribution in [0.4, 0.5) is 14.6 Å². The number of rotatable bonds is 5. The Balaban J connectivity index is 1.78. The molecule has 0 atom stereocenters. The summed E-state index contributed by atoms with van der Waals surface area (Å²) < 4.78 is 54.4. The SMILES string of the molecule is O=S(=O)(Nc1ccn(Cc2ccc(Cl)cc2Cl)n1)c1ccc(F)c(F)c1.